The quantitative estimate of drug-likeness (QED) is 0.553. The normalized spacial score (nSPS) is 12.2. The summed E-state index contributed by atoms with van der Waals surface area (Å²) >= 11 is 0. The SMILES string of the molecule is COCC(=O)NCC(OC)C(=O)O. The van der Waals surface area contributed by atoms with Crippen LogP contribution >= 0.6 is 0 Å². The van der Waals surface area contributed by atoms with Gasteiger partial charge in [-0.1, -0.05) is 0 Å². The Kier molecular flexibility index (Phi) is 5.82. The van der Waals surface area contributed by atoms with E-state index in [4.69, 9.17) is 5.11 Å². The summed E-state index contributed by atoms with van der Waals surface area (Å²) in [5, 5.41) is 10.9. The van der Waals surface area contributed by atoms with E-state index in [1.54, 1.807) is 0 Å². The summed E-state index contributed by atoms with van der Waals surface area (Å²) in [4.78, 5) is 21.2. The number of nitrogens with one attached hydrogen (secondary N) is 1. The third-order valence-corrected chi connectivity index (χ3v) is 1.32. The van der Waals surface area contributed by atoms with Gasteiger partial charge in [0.2, 0.25) is 5.91 Å². The summed E-state index contributed by atoms with van der Waals surface area (Å²) in [7, 11) is 2.64. The van der Waals surface area contributed by atoms with Gasteiger partial charge >= 0.3 is 5.97 Å². The zero-order valence-electron chi connectivity index (χ0n) is 7.57. The molecular weight excluding hydrogens is 178 g/mol. The average Bonchev–Trinajstić information content (AvgIpc) is 2.05. The molecule has 0 heterocycles. The van der Waals surface area contributed by atoms with E-state index in [1.165, 1.54) is 14.2 Å². The van der Waals surface area contributed by atoms with Crippen LogP contribution in [0.1, 0.15) is 0 Å². The molecule has 0 aliphatic rings. The van der Waals surface area contributed by atoms with Crippen LogP contribution in [-0.4, -0.2) is 50.5 Å². The Bertz CT molecular complexity index is 182. The van der Waals surface area contributed by atoms with Crippen molar-refractivity contribution in [2.45, 2.75) is 6.10 Å². The maximum absolute atomic E-state index is 10.8. The Balaban J connectivity index is 3.72. The van der Waals surface area contributed by atoms with Crippen LogP contribution in [0.15, 0.2) is 0 Å². The number of amides is 1. The molecule has 0 spiro atoms. The molecule has 0 aromatic rings. The largest absolute Gasteiger partial charge is 0.479 e. The molecule has 0 aliphatic carbocycles. The van der Waals surface area contributed by atoms with Crippen molar-refractivity contribution in [1.82, 2.24) is 5.32 Å². The second-order valence-corrected chi connectivity index (χ2v) is 2.30. The predicted octanol–water partition coefficient (Wildman–Crippen LogP) is -1.15. The van der Waals surface area contributed by atoms with Gasteiger partial charge < -0.3 is 19.9 Å². The fourth-order valence-electron chi connectivity index (χ4n) is 0.660. The summed E-state index contributed by atoms with van der Waals surface area (Å²) in [6.07, 6.45) is -1.01. The Morgan fingerprint density at radius 1 is 1.46 bits per heavy atom. The second kappa shape index (κ2) is 6.38. The summed E-state index contributed by atoms with van der Waals surface area (Å²) < 4.78 is 9.11. The highest BCUT2D eigenvalue weighted by Crippen LogP contribution is 1.87. The van der Waals surface area contributed by atoms with Crippen LogP contribution in [0.5, 0.6) is 0 Å². The number of carboxylic acid groups (broad SMARTS) is 1. The molecule has 0 radical (unpaired) electrons. The first-order valence-electron chi connectivity index (χ1n) is 3.63. The number of methoxy groups -OCH3 is 2. The summed E-state index contributed by atoms with van der Waals surface area (Å²) in [6, 6.07) is 0. The maximum atomic E-state index is 10.8. The fourth-order valence-corrected chi connectivity index (χ4v) is 0.660. The van der Waals surface area contributed by atoms with Crippen molar-refractivity contribution in [3.05, 3.63) is 0 Å². The molecule has 0 fully saturated rings. The lowest BCUT2D eigenvalue weighted by Gasteiger charge is -2.10. The van der Waals surface area contributed by atoms with Crippen molar-refractivity contribution in [1.29, 1.82) is 0 Å². The minimum atomic E-state index is -1.11. The number of aliphatic carboxylic acids is 1. The van der Waals surface area contributed by atoms with Gasteiger partial charge in [-0.2, -0.15) is 0 Å². The van der Waals surface area contributed by atoms with Crippen molar-refractivity contribution < 1.29 is 24.2 Å². The van der Waals surface area contributed by atoms with Gasteiger partial charge in [-0.15, -0.1) is 0 Å². The predicted molar refractivity (Wildman–Crippen MR) is 43.3 cm³/mol. The van der Waals surface area contributed by atoms with Crippen LogP contribution in [0, 0.1) is 0 Å². The average molecular weight is 191 g/mol. The highest BCUT2D eigenvalue weighted by atomic mass is 16.5. The number of hydrogen-bond acceptors (Lipinski definition) is 4. The lowest BCUT2D eigenvalue weighted by molar-refractivity contribution is -0.148. The van der Waals surface area contributed by atoms with Gasteiger partial charge in [0.25, 0.3) is 0 Å². The van der Waals surface area contributed by atoms with E-state index in [-0.39, 0.29) is 19.1 Å². The van der Waals surface area contributed by atoms with E-state index in [9.17, 15) is 9.59 Å². The first kappa shape index (κ1) is 11.9. The molecule has 1 unspecified atom stereocenters. The molecule has 1 amide bonds. The number of rotatable bonds is 6. The molecular formula is C7H13NO5. The molecule has 0 bridgehead atoms. The van der Waals surface area contributed by atoms with E-state index < -0.39 is 12.1 Å². The highest BCUT2D eigenvalue weighted by molar-refractivity contribution is 5.78. The van der Waals surface area contributed by atoms with Crippen molar-refractivity contribution >= 4 is 11.9 Å². The molecule has 2 N–H and O–H groups in total. The first-order valence-corrected chi connectivity index (χ1v) is 3.63. The molecule has 0 aromatic heterocycles. The monoisotopic (exact) mass is 191 g/mol. The lowest BCUT2D eigenvalue weighted by Crippen LogP contribution is -2.39. The third kappa shape index (κ3) is 5.15. The van der Waals surface area contributed by atoms with Crippen LogP contribution in [0.25, 0.3) is 0 Å². The highest BCUT2D eigenvalue weighted by Gasteiger charge is 2.16. The molecule has 0 aromatic carbocycles. The summed E-state index contributed by atoms with van der Waals surface area (Å²) in [5.74, 6) is -1.48. The molecule has 0 rings (SSSR count). The topological polar surface area (TPSA) is 84.9 Å². The van der Waals surface area contributed by atoms with Gasteiger partial charge in [0.05, 0.1) is 6.54 Å². The molecule has 6 heteroatoms. The zero-order chi connectivity index (χ0) is 10.3. The van der Waals surface area contributed by atoms with Crippen LogP contribution in [0.2, 0.25) is 0 Å². The van der Waals surface area contributed by atoms with E-state index in [0.29, 0.717) is 0 Å². The van der Waals surface area contributed by atoms with Gasteiger partial charge in [0.15, 0.2) is 6.10 Å². The molecule has 0 saturated heterocycles. The maximum Gasteiger partial charge on any atom is 0.334 e. The molecule has 1 atom stereocenters. The first-order chi connectivity index (χ1) is 6.11. The van der Waals surface area contributed by atoms with Crippen molar-refractivity contribution in [2.75, 3.05) is 27.4 Å². The van der Waals surface area contributed by atoms with Crippen molar-refractivity contribution in [3.63, 3.8) is 0 Å². The molecule has 76 valence electrons. The van der Waals surface area contributed by atoms with Gasteiger partial charge in [0.1, 0.15) is 6.61 Å². The van der Waals surface area contributed by atoms with Crippen LogP contribution < -0.4 is 5.32 Å². The zero-order valence-corrected chi connectivity index (χ0v) is 7.57. The van der Waals surface area contributed by atoms with Gasteiger partial charge in [-0.3, -0.25) is 4.79 Å². The lowest BCUT2D eigenvalue weighted by atomic mass is 10.3. The standard InChI is InChI=1S/C7H13NO5/c1-12-4-6(9)8-3-5(13-2)7(10)11/h5H,3-4H2,1-2H3,(H,8,9)(H,10,11). The minimum Gasteiger partial charge on any atom is -0.479 e. The smallest absolute Gasteiger partial charge is 0.334 e. The van der Waals surface area contributed by atoms with E-state index in [2.05, 4.69) is 14.8 Å². The molecule has 6 nitrogen and oxygen atoms in total. The Hall–Kier alpha value is -1.14. The summed E-state index contributed by atoms with van der Waals surface area (Å²) in [5.41, 5.74) is 0. The number of hydrogen-bond donors (Lipinski definition) is 2. The van der Waals surface area contributed by atoms with Gasteiger partial charge in [-0.25, -0.2) is 4.79 Å². The summed E-state index contributed by atoms with van der Waals surface area (Å²) in [6.45, 7) is -0.149. The van der Waals surface area contributed by atoms with Gasteiger partial charge in [0, 0.05) is 14.2 Å². The van der Waals surface area contributed by atoms with Crippen LogP contribution in [0.3, 0.4) is 0 Å². The Labute approximate surface area is 75.8 Å². The van der Waals surface area contributed by atoms with Crippen molar-refractivity contribution in [3.8, 4) is 0 Å². The Morgan fingerprint density at radius 2 is 2.08 bits per heavy atom. The Morgan fingerprint density at radius 3 is 2.46 bits per heavy atom. The number of carbonyl (C=O) groups is 2. The second-order valence-electron chi connectivity index (χ2n) is 2.30. The van der Waals surface area contributed by atoms with Crippen molar-refractivity contribution in [2.24, 2.45) is 0 Å². The number of carboxylic acids is 1. The minimum absolute atomic E-state index is 0.0615. The number of carbonyl (C=O) groups excluding carboxylic acids is 1. The third-order valence-electron chi connectivity index (χ3n) is 1.32. The molecule has 13 heavy (non-hydrogen) atoms. The van der Waals surface area contributed by atoms with E-state index in [0.717, 1.165) is 0 Å². The number of ether oxygens (including phenoxy) is 2. The van der Waals surface area contributed by atoms with Crippen LogP contribution in [-0.2, 0) is 19.1 Å². The molecule has 0 saturated carbocycles. The van der Waals surface area contributed by atoms with E-state index >= 15 is 0 Å². The van der Waals surface area contributed by atoms with Crippen LogP contribution in [0.4, 0.5) is 0 Å². The fraction of sp³-hybridized carbons (Fsp3) is 0.714. The van der Waals surface area contributed by atoms with Gasteiger partial charge in [-0.05, 0) is 0 Å². The van der Waals surface area contributed by atoms with E-state index in [1.807, 2.05) is 0 Å². The molecule has 0 aliphatic heterocycles.